The number of amides is 1. The van der Waals surface area contributed by atoms with Gasteiger partial charge in [-0.15, -0.1) is 0 Å². The quantitative estimate of drug-likeness (QED) is 0.845. The van der Waals surface area contributed by atoms with Gasteiger partial charge in [0.1, 0.15) is 5.75 Å². The second kappa shape index (κ2) is 6.31. The molecule has 0 aliphatic heterocycles. The van der Waals surface area contributed by atoms with E-state index in [1.807, 2.05) is 0 Å². The van der Waals surface area contributed by atoms with Crippen LogP contribution in [0.3, 0.4) is 0 Å². The Morgan fingerprint density at radius 1 is 1.39 bits per heavy atom. The van der Waals surface area contributed by atoms with E-state index in [4.69, 9.17) is 5.73 Å². The number of benzene rings is 1. The average Bonchev–Trinajstić information content (AvgIpc) is 2.18. The molecule has 5 nitrogen and oxygen atoms in total. The molecule has 1 amide bonds. The lowest BCUT2D eigenvalue weighted by molar-refractivity contribution is -0.113. The number of nitrogens with one attached hydrogen (secondary N) is 1. The van der Waals surface area contributed by atoms with Crippen LogP contribution < -0.4 is 11.1 Å². The van der Waals surface area contributed by atoms with Crippen molar-refractivity contribution in [1.29, 1.82) is 0 Å². The first-order valence-electron chi connectivity index (χ1n) is 5.30. The molecule has 0 spiro atoms. The fraction of sp³-hybridized carbons (Fsp3) is 0.364. The monoisotopic (exact) mass is 334 g/mol. The highest BCUT2D eigenvalue weighted by Gasteiger charge is 2.18. The second-order valence-corrected chi connectivity index (χ2v) is 7.11. The highest BCUT2D eigenvalue weighted by Crippen LogP contribution is 2.14. The van der Waals surface area contributed by atoms with Crippen molar-refractivity contribution in [2.75, 3.05) is 16.8 Å². The molecule has 0 saturated carbocycles. The van der Waals surface area contributed by atoms with E-state index in [1.165, 1.54) is 0 Å². The summed E-state index contributed by atoms with van der Waals surface area (Å²) in [6, 6.07) is 6.40. The second-order valence-electron chi connectivity index (χ2n) is 4.09. The topological polar surface area (TPSA) is 89.3 Å². The molecule has 0 heterocycles. The number of hydrogen-bond acceptors (Lipinski definition) is 4. The van der Waals surface area contributed by atoms with Crippen LogP contribution in [0.4, 0.5) is 5.69 Å². The van der Waals surface area contributed by atoms with Crippen molar-refractivity contribution in [3.8, 4) is 0 Å². The van der Waals surface area contributed by atoms with E-state index >= 15 is 0 Å². The SMILES string of the molecule is CC(N)CS(=O)(=O)CC(=O)Nc1ccc(Br)cc1. The van der Waals surface area contributed by atoms with Crippen LogP contribution in [0.15, 0.2) is 28.7 Å². The fourth-order valence-electron chi connectivity index (χ4n) is 1.39. The Labute approximate surface area is 115 Å². The van der Waals surface area contributed by atoms with Gasteiger partial charge in [-0.1, -0.05) is 15.9 Å². The summed E-state index contributed by atoms with van der Waals surface area (Å²) >= 11 is 3.27. The van der Waals surface area contributed by atoms with E-state index in [1.54, 1.807) is 31.2 Å². The average molecular weight is 335 g/mol. The molecule has 1 rings (SSSR count). The molecule has 0 fully saturated rings. The summed E-state index contributed by atoms with van der Waals surface area (Å²) < 4.78 is 24.0. The van der Waals surface area contributed by atoms with Crippen LogP contribution in [0.25, 0.3) is 0 Å². The summed E-state index contributed by atoms with van der Waals surface area (Å²) in [6.07, 6.45) is 0. The van der Waals surface area contributed by atoms with E-state index < -0.39 is 27.5 Å². The molecular formula is C11H15BrN2O3S. The van der Waals surface area contributed by atoms with Crippen molar-refractivity contribution in [1.82, 2.24) is 0 Å². The third-order valence-corrected chi connectivity index (χ3v) is 4.26. The number of hydrogen-bond donors (Lipinski definition) is 2. The zero-order chi connectivity index (χ0) is 13.8. The van der Waals surface area contributed by atoms with Gasteiger partial charge in [0.15, 0.2) is 9.84 Å². The molecule has 0 bridgehead atoms. The lowest BCUT2D eigenvalue weighted by atomic mass is 10.3. The van der Waals surface area contributed by atoms with Crippen LogP contribution in [-0.2, 0) is 14.6 Å². The summed E-state index contributed by atoms with van der Waals surface area (Å²) in [5.41, 5.74) is 5.96. The van der Waals surface area contributed by atoms with Gasteiger partial charge in [-0.2, -0.15) is 0 Å². The minimum Gasteiger partial charge on any atom is -0.327 e. The highest BCUT2D eigenvalue weighted by atomic mass is 79.9. The molecule has 1 unspecified atom stereocenters. The van der Waals surface area contributed by atoms with Crippen molar-refractivity contribution in [2.24, 2.45) is 5.73 Å². The lowest BCUT2D eigenvalue weighted by Gasteiger charge is -2.08. The Hall–Kier alpha value is -0.920. The van der Waals surface area contributed by atoms with Gasteiger partial charge in [0.05, 0.1) is 5.75 Å². The van der Waals surface area contributed by atoms with Crippen LogP contribution >= 0.6 is 15.9 Å². The zero-order valence-corrected chi connectivity index (χ0v) is 12.3. The highest BCUT2D eigenvalue weighted by molar-refractivity contribution is 9.10. The minimum absolute atomic E-state index is 0.194. The molecule has 0 aliphatic carbocycles. The summed E-state index contributed by atoms with van der Waals surface area (Å²) in [5, 5.41) is 2.52. The first-order valence-corrected chi connectivity index (χ1v) is 7.91. The Morgan fingerprint density at radius 2 is 1.94 bits per heavy atom. The summed E-state index contributed by atoms with van der Waals surface area (Å²) in [5.74, 6) is -1.30. The molecule has 3 N–H and O–H groups in total. The molecule has 0 aromatic heterocycles. The number of rotatable bonds is 5. The van der Waals surface area contributed by atoms with E-state index in [9.17, 15) is 13.2 Å². The van der Waals surface area contributed by atoms with Crippen molar-refractivity contribution >= 4 is 37.4 Å². The zero-order valence-electron chi connectivity index (χ0n) is 9.89. The molecule has 0 aliphatic rings. The first-order chi connectivity index (χ1) is 8.28. The number of carbonyl (C=O) groups is 1. The third-order valence-electron chi connectivity index (χ3n) is 2.00. The van der Waals surface area contributed by atoms with Gasteiger partial charge in [-0.05, 0) is 31.2 Å². The van der Waals surface area contributed by atoms with Crippen LogP contribution in [0, 0.1) is 0 Å². The van der Waals surface area contributed by atoms with E-state index in [-0.39, 0.29) is 5.75 Å². The fourth-order valence-corrected chi connectivity index (χ4v) is 3.04. The molecule has 1 atom stereocenters. The molecule has 0 saturated heterocycles. The van der Waals surface area contributed by atoms with E-state index in [0.717, 1.165) is 4.47 Å². The number of carbonyl (C=O) groups excluding carboxylic acids is 1. The van der Waals surface area contributed by atoms with Gasteiger partial charge in [0.2, 0.25) is 5.91 Å². The number of halogens is 1. The van der Waals surface area contributed by atoms with Gasteiger partial charge in [0, 0.05) is 16.2 Å². The maximum Gasteiger partial charge on any atom is 0.239 e. The van der Waals surface area contributed by atoms with Crippen LogP contribution in [-0.4, -0.2) is 31.9 Å². The van der Waals surface area contributed by atoms with Crippen molar-refractivity contribution in [3.05, 3.63) is 28.7 Å². The first kappa shape index (κ1) is 15.1. The van der Waals surface area contributed by atoms with Crippen molar-refractivity contribution in [2.45, 2.75) is 13.0 Å². The summed E-state index contributed by atoms with van der Waals surface area (Å²) in [6.45, 7) is 1.59. The number of sulfone groups is 1. The molecule has 7 heteroatoms. The van der Waals surface area contributed by atoms with Gasteiger partial charge in [-0.25, -0.2) is 8.42 Å². The molecule has 0 radical (unpaired) electrons. The van der Waals surface area contributed by atoms with E-state index in [2.05, 4.69) is 21.2 Å². The normalized spacial score (nSPS) is 13.1. The van der Waals surface area contributed by atoms with Gasteiger partial charge < -0.3 is 11.1 Å². The Balaban J connectivity index is 2.59. The summed E-state index contributed by atoms with van der Waals surface area (Å²) in [4.78, 5) is 11.6. The molecule has 18 heavy (non-hydrogen) atoms. The van der Waals surface area contributed by atoms with Gasteiger partial charge in [0.25, 0.3) is 0 Å². The number of nitrogens with two attached hydrogens (primary N) is 1. The van der Waals surface area contributed by atoms with Crippen LogP contribution in [0.1, 0.15) is 6.92 Å². The molecule has 1 aromatic carbocycles. The Bertz CT molecular complexity index is 512. The minimum atomic E-state index is -3.45. The van der Waals surface area contributed by atoms with Crippen LogP contribution in [0.2, 0.25) is 0 Å². The van der Waals surface area contributed by atoms with Gasteiger partial charge >= 0.3 is 0 Å². The third kappa shape index (κ3) is 5.61. The van der Waals surface area contributed by atoms with Crippen LogP contribution in [0.5, 0.6) is 0 Å². The summed E-state index contributed by atoms with van der Waals surface area (Å²) in [7, 11) is -3.45. The predicted molar refractivity (Wildman–Crippen MR) is 75.1 cm³/mol. The molecule has 1 aromatic rings. The molecule has 100 valence electrons. The molecular weight excluding hydrogens is 320 g/mol. The standard InChI is InChI=1S/C11H15BrN2O3S/c1-8(13)6-18(16,17)7-11(15)14-10-4-2-9(12)3-5-10/h2-5,8H,6-7,13H2,1H3,(H,14,15). The van der Waals surface area contributed by atoms with E-state index in [0.29, 0.717) is 5.69 Å². The predicted octanol–water partition coefficient (Wildman–Crippen LogP) is 1.15. The Morgan fingerprint density at radius 3 is 2.44 bits per heavy atom. The lowest BCUT2D eigenvalue weighted by Crippen LogP contribution is -2.32. The Kier molecular flexibility index (Phi) is 5.30. The van der Waals surface area contributed by atoms with Gasteiger partial charge in [-0.3, -0.25) is 4.79 Å². The number of anilines is 1. The largest absolute Gasteiger partial charge is 0.327 e. The maximum absolute atomic E-state index is 11.6. The smallest absolute Gasteiger partial charge is 0.239 e. The van der Waals surface area contributed by atoms with Crippen molar-refractivity contribution in [3.63, 3.8) is 0 Å². The van der Waals surface area contributed by atoms with Crippen molar-refractivity contribution < 1.29 is 13.2 Å². The maximum atomic E-state index is 11.6.